The number of rotatable bonds is 1. The highest BCUT2D eigenvalue weighted by Crippen LogP contribution is 1.73. The Kier molecular flexibility index (Phi) is 1.98. The lowest BCUT2D eigenvalue weighted by atomic mass is 13.9. The Morgan fingerprint density at radius 3 is 1.83 bits per heavy atom. The summed E-state index contributed by atoms with van der Waals surface area (Å²) < 4.78 is 29.2. The molecule has 0 heterocycles. The normalized spacial score (nSPS) is 11.7. The third-order valence-electron chi connectivity index (χ3n) is 0.0945. The van der Waals surface area contributed by atoms with Crippen molar-refractivity contribution >= 4 is 26.5 Å². The van der Waals surface area contributed by atoms with Crippen molar-refractivity contribution in [1.29, 1.82) is 0 Å². The van der Waals surface area contributed by atoms with Crippen molar-refractivity contribution in [3.63, 3.8) is 0 Å². The fourth-order valence-corrected chi connectivity index (χ4v) is 0. The van der Waals surface area contributed by atoms with E-state index in [0.717, 1.165) is 0 Å². The van der Waals surface area contributed by atoms with Gasteiger partial charge in [-0.05, 0) is 0 Å². The van der Waals surface area contributed by atoms with E-state index in [1.807, 2.05) is 0 Å². The summed E-state index contributed by atoms with van der Waals surface area (Å²) in [6, 6.07) is 0. The second kappa shape index (κ2) is 1.87. The van der Waals surface area contributed by atoms with Gasteiger partial charge in [0.05, 0.1) is 0 Å². The smallest absolute Gasteiger partial charge is 0.169 e. The largest absolute Gasteiger partial charge is 0.735 e. The summed E-state index contributed by atoms with van der Waals surface area (Å²) in [6.07, 6.45) is 0. The highest BCUT2D eigenvalue weighted by molar-refractivity contribution is 9.09. The molecule has 0 aliphatic heterocycles. The zero-order valence-corrected chi connectivity index (χ0v) is 4.91. The number of hydrogen-bond donors (Lipinski definition) is 1. The van der Waals surface area contributed by atoms with Crippen LogP contribution in [0, 0.1) is 0 Å². The van der Waals surface area contributed by atoms with E-state index >= 15 is 0 Å². The third kappa shape index (κ3) is 4.35. The lowest BCUT2D eigenvalue weighted by molar-refractivity contribution is 0.461. The molecule has 0 radical (unpaired) electrons. The molecule has 0 aliphatic carbocycles. The van der Waals surface area contributed by atoms with Gasteiger partial charge in [0.2, 0.25) is 0 Å². The molecule has 38 valence electrons. The van der Waals surface area contributed by atoms with Crippen LogP contribution in [0.1, 0.15) is 0 Å². The van der Waals surface area contributed by atoms with Crippen LogP contribution in [0.4, 0.5) is 0 Å². The molecule has 0 bridgehead atoms. The van der Waals surface area contributed by atoms with Gasteiger partial charge in [-0.2, -0.15) is 3.75 Å². The van der Waals surface area contributed by atoms with Crippen LogP contribution in [0.3, 0.4) is 0 Å². The molecular weight excluding hydrogens is 174 g/mol. The van der Waals surface area contributed by atoms with Gasteiger partial charge < -0.3 is 4.55 Å². The molecule has 0 fully saturated rings. The maximum Gasteiger partial charge on any atom is 0.169 e. The van der Waals surface area contributed by atoms with Crippen LogP contribution in [0.25, 0.3) is 0 Å². The highest BCUT2D eigenvalue weighted by atomic mass is 79.9. The van der Waals surface area contributed by atoms with Crippen molar-refractivity contribution in [3.8, 4) is 0 Å². The van der Waals surface area contributed by atoms with E-state index in [2.05, 4.69) is 16.1 Å². The van der Waals surface area contributed by atoms with Gasteiger partial charge in [0.25, 0.3) is 0 Å². The summed E-state index contributed by atoms with van der Waals surface area (Å²) in [6.45, 7) is 0. The minimum absolute atomic E-state index is 1.33. The summed E-state index contributed by atoms with van der Waals surface area (Å²) in [7, 11) is -4.25. The van der Waals surface area contributed by atoms with Gasteiger partial charge in [-0.3, -0.25) is 0 Å². The van der Waals surface area contributed by atoms with Gasteiger partial charge in [-0.25, -0.2) is 8.42 Å². The molecule has 0 saturated heterocycles. The Labute approximate surface area is 43.8 Å². The average Bonchev–Trinajstić information content (AvgIpc) is 1.35. The maximum absolute atomic E-state index is 9.29. The number of nitrogens with one attached hydrogen (secondary N) is 1. The van der Waals surface area contributed by atoms with E-state index in [9.17, 15) is 13.0 Å². The molecule has 0 amide bonds. The Bertz CT molecular complexity index is 113. The van der Waals surface area contributed by atoms with Crippen LogP contribution >= 0.6 is 16.1 Å². The van der Waals surface area contributed by atoms with Gasteiger partial charge in [0.15, 0.2) is 10.3 Å². The molecular formula is HBrNO3S-. The quantitative estimate of drug-likeness (QED) is 0.425. The summed E-state index contributed by atoms with van der Waals surface area (Å²) in [5, 5.41) is 0. The van der Waals surface area contributed by atoms with Crippen molar-refractivity contribution < 1.29 is 13.0 Å². The number of halogens is 1. The molecule has 4 nitrogen and oxygen atoms in total. The molecule has 0 unspecified atom stereocenters. The molecule has 0 aromatic carbocycles. The molecule has 0 spiro atoms. The van der Waals surface area contributed by atoms with Gasteiger partial charge in [0.1, 0.15) is 0 Å². The van der Waals surface area contributed by atoms with Crippen LogP contribution in [0.15, 0.2) is 0 Å². The minimum Gasteiger partial charge on any atom is -0.735 e. The third-order valence-corrected chi connectivity index (χ3v) is 1.47. The molecule has 0 aliphatic rings. The zero-order valence-electron chi connectivity index (χ0n) is 2.51. The maximum atomic E-state index is 9.29. The summed E-state index contributed by atoms with van der Waals surface area (Å²) >= 11 is 2.22. The van der Waals surface area contributed by atoms with Gasteiger partial charge in [-0.15, -0.1) is 0 Å². The predicted octanol–water partition coefficient (Wildman–Crippen LogP) is -0.654. The van der Waals surface area contributed by atoms with Crippen molar-refractivity contribution in [3.05, 3.63) is 0 Å². The van der Waals surface area contributed by atoms with E-state index in [4.69, 9.17) is 0 Å². The van der Waals surface area contributed by atoms with E-state index in [1.54, 1.807) is 0 Å². The Morgan fingerprint density at radius 2 is 1.83 bits per heavy atom. The first-order valence-corrected chi connectivity index (χ1v) is 3.09. The molecule has 6 heavy (non-hydrogen) atoms. The van der Waals surface area contributed by atoms with Crippen molar-refractivity contribution in [2.45, 2.75) is 0 Å². The molecule has 0 atom stereocenters. The molecule has 6 heteroatoms. The van der Waals surface area contributed by atoms with E-state index in [-0.39, 0.29) is 0 Å². The summed E-state index contributed by atoms with van der Waals surface area (Å²) in [4.78, 5) is 0. The van der Waals surface area contributed by atoms with Crippen LogP contribution in [0.2, 0.25) is 0 Å². The first-order chi connectivity index (χ1) is 2.56. The number of hydrogen-bond acceptors (Lipinski definition) is 3. The second-order valence-electron chi connectivity index (χ2n) is 0.531. The lowest BCUT2D eigenvalue weighted by Gasteiger charge is -1.97. The van der Waals surface area contributed by atoms with Crippen LogP contribution in [-0.2, 0) is 10.3 Å². The topological polar surface area (TPSA) is 69.2 Å². The van der Waals surface area contributed by atoms with Crippen molar-refractivity contribution in [2.24, 2.45) is 0 Å². The minimum atomic E-state index is -4.25. The molecule has 0 aromatic heterocycles. The highest BCUT2D eigenvalue weighted by Gasteiger charge is 1.79. The van der Waals surface area contributed by atoms with Gasteiger partial charge in [0, 0.05) is 16.1 Å². The first kappa shape index (κ1) is 6.35. The second-order valence-corrected chi connectivity index (χ2v) is 2.57. The molecule has 1 N–H and O–H groups in total. The first-order valence-electron chi connectivity index (χ1n) is 0.893. The Hall–Kier alpha value is 0.350. The van der Waals surface area contributed by atoms with Crippen LogP contribution in [0.5, 0.6) is 0 Å². The van der Waals surface area contributed by atoms with Crippen LogP contribution in [-0.4, -0.2) is 13.0 Å². The molecule has 0 rings (SSSR count). The monoisotopic (exact) mass is 174 g/mol. The van der Waals surface area contributed by atoms with E-state index < -0.39 is 10.3 Å². The van der Waals surface area contributed by atoms with Crippen LogP contribution < -0.4 is 3.75 Å². The predicted molar refractivity (Wildman–Crippen MR) is 21.8 cm³/mol. The summed E-state index contributed by atoms with van der Waals surface area (Å²) in [5.74, 6) is 0. The van der Waals surface area contributed by atoms with E-state index in [1.165, 1.54) is 3.75 Å². The standard InChI is InChI=1S/BrH2NO3S/c1-2-6(3,4)5/h2H,(H,3,4,5)/p-1. The zero-order chi connectivity index (χ0) is 5.21. The Balaban J connectivity index is 3.85. The fraction of sp³-hybridized carbons (Fsp3) is 0. The van der Waals surface area contributed by atoms with Crippen molar-refractivity contribution in [2.75, 3.05) is 0 Å². The Morgan fingerprint density at radius 1 is 1.67 bits per heavy atom. The average molecular weight is 175 g/mol. The van der Waals surface area contributed by atoms with Gasteiger partial charge in [-0.1, -0.05) is 0 Å². The SMILES string of the molecule is O=S(=O)([O-])NBr. The molecule has 0 saturated carbocycles. The van der Waals surface area contributed by atoms with E-state index in [0.29, 0.717) is 0 Å². The van der Waals surface area contributed by atoms with Gasteiger partial charge >= 0.3 is 0 Å². The lowest BCUT2D eigenvalue weighted by Crippen LogP contribution is -2.09. The fourth-order valence-electron chi connectivity index (χ4n) is 0. The van der Waals surface area contributed by atoms with Crippen molar-refractivity contribution in [1.82, 2.24) is 3.75 Å². The summed E-state index contributed by atoms with van der Waals surface area (Å²) in [5.41, 5.74) is 0. The molecule has 0 aromatic rings.